The second-order valence-corrected chi connectivity index (χ2v) is 11.8. The average molecular weight is 550 g/mol. The van der Waals surface area contributed by atoms with Gasteiger partial charge in [0.2, 0.25) is 21.8 Å². The van der Waals surface area contributed by atoms with E-state index in [-0.39, 0.29) is 43.8 Å². The number of hydrogen-bond acceptors (Lipinski definition) is 5. The summed E-state index contributed by atoms with van der Waals surface area (Å²) >= 11 is 6.15. The molecule has 3 rings (SSSR count). The standard InChI is InChI=1S/C27H36ClN3O5S/c1-20(27(33)29-23-12-4-5-13-23)30(19-21-10-8-11-22(28)18-21)26(32)16-9-17-31(37(3,34)35)24-14-6-7-15-25(24)36-2/h6-8,10-11,14-15,18,20,23H,4-5,9,12-13,16-17,19H2,1-3H3,(H,29,33)/t20-/m1/s1. The minimum absolute atomic E-state index is 0.0722. The molecular formula is C27H36ClN3O5S. The smallest absolute Gasteiger partial charge is 0.242 e. The molecule has 0 unspecified atom stereocenters. The van der Waals surface area contributed by atoms with Gasteiger partial charge < -0.3 is 15.0 Å². The number of carbonyl (C=O) groups is 2. The van der Waals surface area contributed by atoms with Crippen LogP contribution in [0.2, 0.25) is 5.02 Å². The number of ether oxygens (including phenoxy) is 1. The quantitative estimate of drug-likeness (QED) is 0.424. The second-order valence-electron chi connectivity index (χ2n) is 9.43. The highest BCUT2D eigenvalue weighted by Crippen LogP contribution is 2.30. The van der Waals surface area contributed by atoms with E-state index < -0.39 is 16.1 Å². The van der Waals surface area contributed by atoms with Crippen LogP contribution in [0.25, 0.3) is 0 Å². The Balaban J connectivity index is 1.74. The van der Waals surface area contributed by atoms with Gasteiger partial charge in [-0.15, -0.1) is 0 Å². The Kier molecular flexibility index (Phi) is 10.2. The second kappa shape index (κ2) is 13.1. The molecule has 1 saturated carbocycles. The van der Waals surface area contributed by atoms with E-state index in [1.165, 1.54) is 11.4 Å². The zero-order valence-corrected chi connectivity index (χ0v) is 23.2. The Morgan fingerprint density at radius 3 is 2.49 bits per heavy atom. The van der Waals surface area contributed by atoms with Gasteiger partial charge in [-0.3, -0.25) is 13.9 Å². The molecule has 2 aromatic rings. The van der Waals surface area contributed by atoms with Crippen molar-refractivity contribution in [2.75, 3.05) is 24.2 Å². The zero-order chi connectivity index (χ0) is 27.0. The summed E-state index contributed by atoms with van der Waals surface area (Å²) in [6.45, 7) is 2.05. The predicted molar refractivity (Wildman–Crippen MR) is 146 cm³/mol. The summed E-state index contributed by atoms with van der Waals surface area (Å²) in [5.74, 6) is 0.00984. The SMILES string of the molecule is COc1ccccc1N(CCCC(=O)N(Cc1cccc(Cl)c1)[C@H](C)C(=O)NC1CCCC1)S(C)(=O)=O. The van der Waals surface area contributed by atoms with E-state index in [0.29, 0.717) is 16.5 Å². The largest absolute Gasteiger partial charge is 0.495 e. The van der Waals surface area contributed by atoms with Gasteiger partial charge in [0.25, 0.3) is 0 Å². The van der Waals surface area contributed by atoms with Crippen LogP contribution in [-0.2, 0) is 26.2 Å². The van der Waals surface area contributed by atoms with Gasteiger partial charge in [0.05, 0.1) is 19.1 Å². The summed E-state index contributed by atoms with van der Waals surface area (Å²) in [5.41, 5.74) is 1.23. The molecule has 2 amide bonds. The lowest BCUT2D eigenvalue weighted by atomic mass is 10.1. The Morgan fingerprint density at radius 2 is 1.84 bits per heavy atom. The first-order valence-corrected chi connectivity index (χ1v) is 14.8. The molecule has 202 valence electrons. The first kappa shape index (κ1) is 28.8. The monoisotopic (exact) mass is 549 g/mol. The fourth-order valence-electron chi connectivity index (χ4n) is 4.62. The number of nitrogens with one attached hydrogen (secondary N) is 1. The minimum Gasteiger partial charge on any atom is -0.495 e. The van der Waals surface area contributed by atoms with Gasteiger partial charge in [-0.2, -0.15) is 0 Å². The van der Waals surface area contributed by atoms with Gasteiger partial charge in [0.1, 0.15) is 11.8 Å². The Labute approximate surface area is 225 Å². The summed E-state index contributed by atoms with van der Waals surface area (Å²) < 4.78 is 31.7. The van der Waals surface area contributed by atoms with Crippen LogP contribution in [0.3, 0.4) is 0 Å². The van der Waals surface area contributed by atoms with Crippen molar-refractivity contribution in [2.45, 2.75) is 64.1 Å². The van der Waals surface area contributed by atoms with Crippen LogP contribution in [-0.4, -0.2) is 57.1 Å². The van der Waals surface area contributed by atoms with Crippen molar-refractivity contribution in [3.8, 4) is 5.75 Å². The molecule has 10 heteroatoms. The van der Waals surface area contributed by atoms with Crippen molar-refractivity contribution in [2.24, 2.45) is 0 Å². The van der Waals surface area contributed by atoms with Crippen LogP contribution in [0, 0.1) is 0 Å². The maximum atomic E-state index is 13.4. The molecule has 0 saturated heterocycles. The number of rotatable bonds is 12. The van der Waals surface area contributed by atoms with Gasteiger partial charge in [-0.05, 0) is 56.0 Å². The molecule has 0 radical (unpaired) electrons. The summed E-state index contributed by atoms with van der Waals surface area (Å²) in [4.78, 5) is 28.0. The van der Waals surface area contributed by atoms with Crippen molar-refractivity contribution >= 4 is 39.1 Å². The molecule has 0 bridgehead atoms. The molecule has 1 N–H and O–H groups in total. The third kappa shape index (κ3) is 8.10. The highest BCUT2D eigenvalue weighted by molar-refractivity contribution is 7.92. The lowest BCUT2D eigenvalue weighted by Gasteiger charge is -2.30. The predicted octanol–water partition coefficient (Wildman–Crippen LogP) is 4.37. The van der Waals surface area contributed by atoms with Crippen LogP contribution in [0.5, 0.6) is 5.75 Å². The molecule has 1 atom stereocenters. The van der Waals surface area contributed by atoms with Gasteiger partial charge in [0, 0.05) is 30.6 Å². The lowest BCUT2D eigenvalue weighted by molar-refractivity contribution is -0.141. The molecule has 1 aliphatic carbocycles. The van der Waals surface area contributed by atoms with E-state index in [1.807, 2.05) is 6.07 Å². The molecule has 1 aliphatic rings. The first-order valence-electron chi connectivity index (χ1n) is 12.5. The number of carbonyl (C=O) groups excluding carboxylic acids is 2. The maximum absolute atomic E-state index is 13.4. The summed E-state index contributed by atoms with van der Waals surface area (Å²) in [6, 6.07) is 13.5. The molecule has 0 heterocycles. The van der Waals surface area contributed by atoms with E-state index in [0.717, 1.165) is 37.5 Å². The van der Waals surface area contributed by atoms with Crippen LogP contribution in [0.1, 0.15) is 51.0 Å². The number of amides is 2. The number of anilines is 1. The highest BCUT2D eigenvalue weighted by atomic mass is 35.5. The summed E-state index contributed by atoms with van der Waals surface area (Å²) in [7, 11) is -2.13. The summed E-state index contributed by atoms with van der Waals surface area (Å²) in [5, 5.41) is 3.63. The Hall–Kier alpha value is -2.78. The van der Waals surface area contributed by atoms with Gasteiger partial charge in [-0.25, -0.2) is 8.42 Å². The third-order valence-corrected chi connectivity index (χ3v) is 8.03. The number of benzene rings is 2. The molecule has 0 aromatic heterocycles. The van der Waals surface area contributed by atoms with E-state index in [4.69, 9.17) is 16.3 Å². The van der Waals surface area contributed by atoms with Crippen molar-refractivity contribution in [1.29, 1.82) is 0 Å². The number of methoxy groups -OCH3 is 1. The molecule has 2 aromatic carbocycles. The van der Waals surface area contributed by atoms with Crippen molar-refractivity contribution < 1.29 is 22.7 Å². The van der Waals surface area contributed by atoms with Crippen LogP contribution < -0.4 is 14.4 Å². The van der Waals surface area contributed by atoms with Gasteiger partial charge in [-0.1, -0.05) is 48.7 Å². The number of para-hydroxylation sites is 2. The van der Waals surface area contributed by atoms with E-state index in [2.05, 4.69) is 5.32 Å². The molecule has 0 aliphatic heterocycles. The number of hydrogen-bond donors (Lipinski definition) is 1. The molecule has 37 heavy (non-hydrogen) atoms. The van der Waals surface area contributed by atoms with Gasteiger partial charge >= 0.3 is 0 Å². The van der Waals surface area contributed by atoms with Gasteiger partial charge in [0.15, 0.2) is 0 Å². The maximum Gasteiger partial charge on any atom is 0.242 e. The highest BCUT2D eigenvalue weighted by Gasteiger charge is 2.29. The number of halogens is 1. The fourth-order valence-corrected chi connectivity index (χ4v) is 5.81. The minimum atomic E-state index is -3.62. The van der Waals surface area contributed by atoms with Crippen molar-refractivity contribution in [3.05, 3.63) is 59.1 Å². The number of nitrogens with zero attached hydrogens (tertiary/aromatic N) is 2. The third-order valence-electron chi connectivity index (χ3n) is 6.62. The zero-order valence-electron chi connectivity index (χ0n) is 21.7. The van der Waals surface area contributed by atoms with Crippen molar-refractivity contribution in [3.63, 3.8) is 0 Å². The Bertz CT molecular complexity index is 1180. The molecular weight excluding hydrogens is 514 g/mol. The molecule has 0 spiro atoms. The topological polar surface area (TPSA) is 96.0 Å². The van der Waals surface area contributed by atoms with Crippen molar-refractivity contribution in [1.82, 2.24) is 10.2 Å². The lowest BCUT2D eigenvalue weighted by Crippen LogP contribution is -2.49. The van der Waals surface area contributed by atoms with E-state index in [1.54, 1.807) is 54.3 Å². The first-order chi connectivity index (χ1) is 17.6. The Morgan fingerprint density at radius 1 is 1.14 bits per heavy atom. The molecule has 1 fully saturated rings. The van der Waals surface area contributed by atoms with E-state index in [9.17, 15) is 18.0 Å². The van der Waals surface area contributed by atoms with Crippen LogP contribution >= 0.6 is 11.6 Å². The van der Waals surface area contributed by atoms with E-state index >= 15 is 0 Å². The van der Waals surface area contributed by atoms with Crippen LogP contribution in [0.4, 0.5) is 5.69 Å². The summed E-state index contributed by atoms with van der Waals surface area (Å²) in [6.07, 6.45) is 5.55. The van der Waals surface area contributed by atoms with Crippen LogP contribution in [0.15, 0.2) is 48.5 Å². The molecule has 8 nitrogen and oxygen atoms in total. The number of sulfonamides is 1. The average Bonchev–Trinajstić information content (AvgIpc) is 3.37. The fraction of sp³-hybridized carbons (Fsp3) is 0.481. The normalized spacial score (nSPS) is 14.7.